The molecule has 1 aromatic carbocycles. The van der Waals surface area contributed by atoms with E-state index in [0.29, 0.717) is 11.1 Å². The van der Waals surface area contributed by atoms with Crippen molar-refractivity contribution in [1.82, 2.24) is 0 Å². The van der Waals surface area contributed by atoms with Crippen LogP contribution < -0.4 is 0 Å². The molecular formula is C23H22N4. The first kappa shape index (κ1) is 20.0. The SMILES string of the molecule is CCCCc1cc2c(cc1CCCC)C(=C(C#N)C#N)CC2=C(C#N)C#N. The smallest absolute Gasteiger partial charge is 0.133 e. The van der Waals surface area contributed by atoms with Gasteiger partial charge in [0.25, 0.3) is 0 Å². The summed E-state index contributed by atoms with van der Waals surface area (Å²) in [7, 11) is 0. The Bertz CT molecular complexity index is 855. The largest absolute Gasteiger partial charge is 0.192 e. The number of nitrogens with zero attached hydrogens (tertiary/aromatic N) is 4. The van der Waals surface area contributed by atoms with Crippen molar-refractivity contribution in [1.29, 1.82) is 21.0 Å². The molecule has 0 radical (unpaired) electrons. The van der Waals surface area contributed by atoms with Gasteiger partial charge in [-0.15, -0.1) is 0 Å². The maximum Gasteiger partial charge on any atom is 0.133 e. The van der Waals surface area contributed by atoms with Gasteiger partial charge in [-0.25, -0.2) is 0 Å². The summed E-state index contributed by atoms with van der Waals surface area (Å²) in [5, 5.41) is 37.4. The highest BCUT2D eigenvalue weighted by Crippen LogP contribution is 2.45. The van der Waals surface area contributed by atoms with Gasteiger partial charge in [-0.05, 0) is 59.1 Å². The standard InChI is InChI=1S/C23H22N4/c1-3-5-7-16-9-22-20(18(12-24)13-25)11-21(19(14-26)15-27)23(22)10-17(16)8-6-4-2/h9-10H,3-8,11H2,1-2H3. The number of benzene rings is 1. The van der Waals surface area contributed by atoms with Crippen LogP contribution in [0.4, 0.5) is 0 Å². The number of aryl methyl sites for hydroxylation is 2. The number of hydrogen-bond acceptors (Lipinski definition) is 4. The van der Waals surface area contributed by atoms with Crippen LogP contribution in [0.5, 0.6) is 0 Å². The zero-order valence-corrected chi connectivity index (χ0v) is 15.9. The lowest BCUT2D eigenvalue weighted by molar-refractivity contribution is 0.758. The van der Waals surface area contributed by atoms with E-state index in [1.165, 1.54) is 11.1 Å². The van der Waals surface area contributed by atoms with Crippen molar-refractivity contribution < 1.29 is 0 Å². The Morgan fingerprint density at radius 2 is 1.11 bits per heavy atom. The highest BCUT2D eigenvalue weighted by molar-refractivity contribution is 5.98. The average molecular weight is 354 g/mol. The molecular weight excluding hydrogens is 332 g/mol. The van der Waals surface area contributed by atoms with Gasteiger partial charge in [0.15, 0.2) is 0 Å². The van der Waals surface area contributed by atoms with E-state index in [-0.39, 0.29) is 17.6 Å². The van der Waals surface area contributed by atoms with E-state index in [2.05, 4.69) is 26.0 Å². The number of nitriles is 4. The first-order chi connectivity index (χ1) is 13.1. The molecule has 0 spiro atoms. The minimum atomic E-state index is 0.0595. The molecule has 0 bridgehead atoms. The Kier molecular flexibility index (Phi) is 6.94. The normalized spacial score (nSPS) is 11.8. The van der Waals surface area contributed by atoms with Crippen molar-refractivity contribution in [3.05, 3.63) is 45.5 Å². The maximum atomic E-state index is 9.36. The Morgan fingerprint density at radius 3 is 1.41 bits per heavy atom. The Hall–Kier alpha value is -3.34. The van der Waals surface area contributed by atoms with Crippen molar-refractivity contribution in [2.24, 2.45) is 0 Å². The van der Waals surface area contributed by atoms with Crippen LogP contribution in [0.25, 0.3) is 11.1 Å². The lowest BCUT2D eigenvalue weighted by Gasteiger charge is -2.13. The Morgan fingerprint density at radius 1 is 0.741 bits per heavy atom. The predicted molar refractivity (Wildman–Crippen MR) is 105 cm³/mol. The topological polar surface area (TPSA) is 95.2 Å². The third-order valence-corrected chi connectivity index (χ3v) is 4.99. The summed E-state index contributed by atoms with van der Waals surface area (Å²) in [6.07, 6.45) is 6.52. The predicted octanol–water partition coefficient (Wildman–Crippen LogP) is 5.38. The van der Waals surface area contributed by atoms with Gasteiger partial charge >= 0.3 is 0 Å². The summed E-state index contributed by atoms with van der Waals surface area (Å²) in [4.78, 5) is 0. The quantitative estimate of drug-likeness (QED) is 0.641. The molecule has 0 fully saturated rings. The van der Waals surface area contributed by atoms with Crippen LogP contribution in [0.15, 0.2) is 23.3 Å². The highest BCUT2D eigenvalue weighted by Gasteiger charge is 2.28. The second-order valence-electron chi connectivity index (χ2n) is 6.70. The van der Waals surface area contributed by atoms with Gasteiger partial charge in [0.1, 0.15) is 35.4 Å². The van der Waals surface area contributed by atoms with Crippen LogP contribution in [0.1, 0.15) is 68.2 Å². The zero-order chi connectivity index (χ0) is 19.8. The van der Waals surface area contributed by atoms with E-state index in [1.807, 2.05) is 24.3 Å². The van der Waals surface area contributed by atoms with Crippen molar-refractivity contribution in [2.45, 2.75) is 58.8 Å². The van der Waals surface area contributed by atoms with Crippen LogP contribution in [-0.4, -0.2) is 0 Å². The Labute approximate surface area is 161 Å². The molecule has 0 aliphatic heterocycles. The molecule has 27 heavy (non-hydrogen) atoms. The van der Waals surface area contributed by atoms with E-state index in [9.17, 15) is 21.0 Å². The van der Waals surface area contributed by atoms with Crippen molar-refractivity contribution >= 4 is 11.1 Å². The van der Waals surface area contributed by atoms with E-state index >= 15 is 0 Å². The third kappa shape index (κ3) is 4.08. The number of hydrogen-bond donors (Lipinski definition) is 0. The molecule has 134 valence electrons. The number of rotatable bonds is 6. The monoisotopic (exact) mass is 354 g/mol. The summed E-state index contributed by atoms with van der Waals surface area (Å²) < 4.78 is 0. The lowest BCUT2D eigenvalue weighted by Crippen LogP contribution is -1.99. The van der Waals surface area contributed by atoms with E-state index in [0.717, 1.165) is 49.7 Å². The molecule has 0 unspecified atom stereocenters. The number of allylic oxidation sites excluding steroid dienone is 4. The van der Waals surface area contributed by atoms with Crippen molar-refractivity contribution in [2.75, 3.05) is 0 Å². The molecule has 2 rings (SSSR count). The molecule has 1 aliphatic rings. The van der Waals surface area contributed by atoms with Gasteiger partial charge in [0, 0.05) is 6.42 Å². The molecule has 0 amide bonds. The molecule has 4 nitrogen and oxygen atoms in total. The van der Waals surface area contributed by atoms with Gasteiger partial charge < -0.3 is 0 Å². The van der Waals surface area contributed by atoms with Gasteiger partial charge in [0.2, 0.25) is 0 Å². The van der Waals surface area contributed by atoms with Crippen LogP contribution in [0.2, 0.25) is 0 Å². The molecule has 0 N–H and O–H groups in total. The Balaban J connectivity index is 2.78. The maximum absolute atomic E-state index is 9.36. The van der Waals surface area contributed by atoms with Gasteiger partial charge in [0.05, 0.1) is 0 Å². The van der Waals surface area contributed by atoms with E-state index < -0.39 is 0 Å². The molecule has 0 saturated carbocycles. The molecule has 1 aromatic rings. The molecule has 0 atom stereocenters. The highest BCUT2D eigenvalue weighted by atomic mass is 14.4. The minimum Gasteiger partial charge on any atom is -0.192 e. The lowest BCUT2D eigenvalue weighted by atomic mass is 9.91. The molecule has 0 heterocycles. The molecule has 4 heteroatoms. The molecule has 0 saturated heterocycles. The molecule has 1 aliphatic carbocycles. The fraction of sp³-hybridized carbons (Fsp3) is 0.391. The first-order valence-electron chi connectivity index (χ1n) is 9.38. The summed E-state index contributed by atoms with van der Waals surface area (Å²) in [6, 6.07) is 12.1. The van der Waals surface area contributed by atoms with Crippen molar-refractivity contribution in [3.8, 4) is 24.3 Å². The van der Waals surface area contributed by atoms with Crippen LogP contribution >= 0.6 is 0 Å². The average Bonchev–Trinajstić information content (AvgIpc) is 3.04. The van der Waals surface area contributed by atoms with Gasteiger partial charge in [-0.2, -0.15) is 21.0 Å². The van der Waals surface area contributed by atoms with Crippen LogP contribution in [-0.2, 0) is 12.8 Å². The second kappa shape index (κ2) is 9.38. The fourth-order valence-corrected chi connectivity index (χ4v) is 3.52. The summed E-state index contributed by atoms with van der Waals surface area (Å²) in [5.41, 5.74) is 5.53. The number of unbranched alkanes of at least 4 members (excludes halogenated alkanes) is 2. The van der Waals surface area contributed by atoms with E-state index in [1.54, 1.807) is 0 Å². The fourth-order valence-electron chi connectivity index (χ4n) is 3.52. The molecule has 0 aromatic heterocycles. The summed E-state index contributed by atoms with van der Waals surface area (Å²) in [6.45, 7) is 4.31. The first-order valence-corrected chi connectivity index (χ1v) is 9.38. The third-order valence-electron chi connectivity index (χ3n) is 4.99. The number of fused-ring (bicyclic) bond motifs is 1. The minimum absolute atomic E-state index is 0.0595. The second-order valence-corrected chi connectivity index (χ2v) is 6.70. The van der Waals surface area contributed by atoms with E-state index in [4.69, 9.17) is 0 Å². The summed E-state index contributed by atoms with van der Waals surface area (Å²) in [5.74, 6) is 0. The van der Waals surface area contributed by atoms with Crippen LogP contribution in [0, 0.1) is 45.3 Å². The van der Waals surface area contributed by atoms with Gasteiger partial charge in [-0.1, -0.05) is 38.8 Å². The summed E-state index contributed by atoms with van der Waals surface area (Å²) >= 11 is 0. The van der Waals surface area contributed by atoms with Crippen LogP contribution in [0.3, 0.4) is 0 Å². The van der Waals surface area contributed by atoms with Gasteiger partial charge in [-0.3, -0.25) is 0 Å². The van der Waals surface area contributed by atoms with Crippen molar-refractivity contribution in [3.63, 3.8) is 0 Å². The zero-order valence-electron chi connectivity index (χ0n) is 15.9.